The molecule has 0 atom stereocenters. The topological polar surface area (TPSA) is 85.3 Å². The molecule has 1 aromatic heterocycles. The molecule has 3 rings (SSSR count). The molecule has 0 radical (unpaired) electrons. The summed E-state index contributed by atoms with van der Waals surface area (Å²) in [5.74, 6) is 1.51. The number of esters is 1. The number of nitrogens with one attached hydrogen (secondary N) is 1. The summed E-state index contributed by atoms with van der Waals surface area (Å²) in [6.07, 6.45) is 0. The lowest BCUT2D eigenvalue weighted by atomic mass is 10.1. The van der Waals surface area contributed by atoms with Crippen LogP contribution in [0.1, 0.15) is 28.5 Å². The van der Waals surface area contributed by atoms with Crippen molar-refractivity contribution in [2.45, 2.75) is 20.8 Å². The van der Waals surface area contributed by atoms with E-state index in [1.165, 1.54) is 0 Å². The highest BCUT2D eigenvalue weighted by Crippen LogP contribution is 2.36. The normalized spacial score (nSPS) is 12.8. The summed E-state index contributed by atoms with van der Waals surface area (Å²) in [5, 5.41) is 8.37. The summed E-state index contributed by atoms with van der Waals surface area (Å²) in [6.45, 7) is 5.93. The van der Waals surface area contributed by atoms with Crippen molar-refractivity contribution in [3.63, 3.8) is 0 Å². The molecular weight excluding hydrogens is 298 g/mol. The lowest BCUT2D eigenvalue weighted by Crippen LogP contribution is -2.06. The molecule has 2 aromatic rings. The van der Waals surface area contributed by atoms with E-state index in [4.69, 9.17) is 14.2 Å². The minimum Gasteiger partial charge on any atom is -0.462 e. The SMILES string of the molecule is CCOC(=O)c1c(C)[nH]c(N=Nc2ccc3c(c2)OCO3)c1C. The van der Waals surface area contributed by atoms with Gasteiger partial charge in [0.2, 0.25) is 6.79 Å². The first-order valence-corrected chi connectivity index (χ1v) is 7.27. The molecule has 7 heteroatoms. The second kappa shape index (κ2) is 6.12. The van der Waals surface area contributed by atoms with E-state index in [0.29, 0.717) is 46.4 Å². The number of rotatable bonds is 4. The van der Waals surface area contributed by atoms with Gasteiger partial charge >= 0.3 is 5.97 Å². The van der Waals surface area contributed by atoms with E-state index in [1.807, 2.05) is 6.92 Å². The first kappa shape index (κ1) is 15.1. The van der Waals surface area contributed by atoms with E-state index in [0.717, 1.165) is 0 Å². The molecule has 1 aliphatic rings. The van der Waals surface area contributed by atoms with Crippen molar-refractivity contribution in [3.8, 4) is 11.5 Å². The van der Waals surface area contributed by atoms with Crippen LogP contribution in [0.2, 0.25) is 0 Å². The number of aryl methyl sites for hydroxylation is 1. The highest BCUT2D eigenvalue weighted by atomic mass is 16.7. The van der Waals surface area contributed by atoms with Gasteiger partial charge in [0.25, 0.3) is 0 Å². The van der Waals surface area contributed by atoms with E-state index in [2.05, 4.69) is 15.2 Å². The van der Waals surface area contributed by atoms with Crippen LogP contribution in [0.25, 0.3) is 0 Å². The number of hydrogen-bond acceptors (Lipinski definition) is 6. The van der Waals surface area contributed by atoms with E-state index >= 15 is 0 Å². The number of H-pyrrole nitrogens is 1. The Morgan fingerprint density at radius 2 is 2.04 bits per heavy atom. The molecule has 1 aromatic carbocycles. The molecule has 0 spiro atoms. The molecule has 0 bridgehead atoms. The molecule has 0 amide bonds. The third-order valence-electron chi connectivity index (χ3n) is 3.51. The van der Waals surface area contributed by atoms with Crippen molar-refractivity contribution >= 4 is 17.5 Å². The van der Waals surface area contributed by atoms with E-state index in [1.54, 1.807) is 32.0 Å². The summed E-state index contributed by atoms with van der Waals surface area (Å²) < 4.78 is 15.6. The summed E-state index contributed by atoms with van der Waals surface area (Å²) >= 11 is 0. The van der Waals surface area contributed by atoms with Gasteiger partial charge in [-0.15, -0.1) is 10.2 Å². The van der Waals surface area contributed by atoms with Crippen LogP contribution in [0.4, 0.5) is 11.5 Å². The Kier molecular flexibility index (Phi) is 4.01. The number of hydrogen-bond donors (Lipinski definition) is 1. The number of ether oxygens (including phenoxy) is 3. The van der Waals surface area contributed by atoms with Crippen molar-refractivity contribution < 1.29 is 19.0 Å². The average Bonchev–Trinajstić information content (AvgIpc) is 3.09. The smallest absolute Gasteiger partial charge is 0.340 e. The molecule has 0 saturated carbocycles. The Labute approximate surface area is 133 Å². The second-order valence-corrected chi connectivity index (χ2v) is 5.06. The molecule has 120 valence electrons. The maximum atomic E-state index is 12.0. The van der Waals surface area contributed by atoms with Gasteiger partial charge in [0.15, 0.2) is 17.3 Å². The van der Waals surface area contributed by atoms with E-state index < -0.39 is 0 Å². The quantitative estimate of drug-likeness (QED) is 0.683. The third-order valence-corrected chi connectivity index (χ3v) is 3.51. The van der Waals surface area contributed by atoms with Gasteiger partial charge < -0.3 is 19.2 Å². The number of aromatic amines is 1. The largest absolute Gasteiger partial charge is 0.462 e. The molecular formula is C16H17N3O4. The average molecular weight is 315 g/mol. The van der Waals surface area contributed by atoms with Crippen LogP contribution < -0.4 is 9.47 Å². The van der Waals surface area contributed by atoms with Crippen LogP contribution in [0, 0.1) is 13.8 Å². The van der Waals surface area contributed by atoms with Gasteiger partial charge in [0.1, 0.15) is 0 Å². The molecule has 1 N–H and O–H groups in total. The number of carbonyl (C=O) groups excluding carboxylic acids is 1. The van der Waals surface area contributed by atoms with Crippen LogP contribution >= 0.6 is 0 Å². The van der Waals surface area contributed by atoms with E-state index in [9.17, 15) is 4.79 Å². The van der Waals surface area contributed by atoms with Gasteiger partial charge in [-0.3, -0.25) is 0 Å². The fourth-order valence-electron chi connectivity index (χ4n) is 2.40. The molecule has 0 unspecified atom stereocenters. The second-order valence-electron chi connectivity index (χ2n) is 5.06. The number of fused-ring (bicyclic) bond motifs is 1. The van der Waals surface area contributed by atoms with Gasteiger partial charge in [-0.1, -0.05) is 0 Å². The van der Waals surface area contributed by atoms with Crippen molar-refractivity contribution in [2.24, 2.45) is 10.2 Å². The highest BCUT2D eigenvalue weighted by molar-refractivity contribution is 5.94. The summed E-state index contributed by atoms with van der Waals surface area (Å²) in [7, 11) is 0. The number of azo groups is 1. The molecule has 7 nitrogen and oxygen atoms in total. The Morgan fingerprint density at radius 1 is 1.26 bits per heavy atom. The predicted molar refractivity (Wildman–Crippen MR) is 83.0 cm³/mol. The van der Waals surface area contributed by atoms with Crippen molar-refractivity contribution in [2.75, 3.05) is 13.4 Å². The standard InChI is InChI=1S/C16H17N3O4/c1-4-21-16(20)14-9(2)15(17-10(14)3)19-18-11-5-6-12-13(7-11)23-8-22-12/h5-7,17H,4,8H2,1-3H3. The van der Waals surface area contributed by atoms with Gasteiger partial charge in [0, 0.05) is 17.3 Å². The van der Waals surface area contributed by atoms with Crippen molar-refractivity contribution in [1.82, 2.24) is 4.98 Å². The maximum absolute atomic E-state index is 12.0. The van der Waals surface area contributed by atoms with E-state index in [-0.39, 0.29) is 12.8 Å². The Hall–Kier alpha value is -2.83. The number of aromatic nitrogens is 1. The first-order valence-electron chi connectivity index (χ1n) is 7.27. The van der Waals surface area contributed by atoms with Gasteiger partial charge in [-0.25, -0.2) is 4.79 Å². The molecule has 2 heterocycles. The Morgan fingerprint density at radius 3 is 2.83 bits per heavy atom. The number of carbonyl (C=O) groups is 1. The first-order chi connectivity index (χ1) is 11.1. The number of nitrogens with zero attached hydrogens (tertiary/aromatic N) is 2. The monoisotopic (exact) mass is 315 g/mol. The number of benzene rings is 1. The van der Waals surface area contributed by atoms with Gasteiger partial charge in [-0.05, 0) is 32.9 Å². The molecule has 0 saturated heterocycles. The van der Waals surface area contributed by atoms with Crippen LogP contribution in [0.3, 0.4) is 0 Å². The zero-order chi connectivity index (χ0) is 16.4. The summed E-state index contributed by atoms with van der Waals surface area (Å²) in [6, 6.07) is 5.32. The predicted octanol–water partition coefficient (Wildman–Crippen LogP) is 3.95. The summed E-state index contributed by atoms with van der Waals surface area (Å²) in [4.78, 5) is 15.0. The lowest BCUT2D eigenvalue weighted by Gasteiger charge is -2.01. The maximum Gasteiger partial charge on any atom is 0.340 e. The van der Waals surface area contributed by atoms with Gasteiger partial charge in [0.05, 0.1) is 17.9 Å². The van der Waals surface area contributed by atoms with Crippen molar-refractivity contribution in [1.29, 1.82) is 0 Å². The van der Waals surface area contributed by atoms with Crippen molar-refractivity contribution in [3.05, 3.63) is 35.0 Å². The minimum atomic E-state index is -0.358. The molecule has 0 aliphatic carbocycles. The Bertz CT molecular complexity index is 780. The van der Waals surface area contributed by atoms with Gasteiger partial charge in [-0.2, -0.15) is 0 Å². The van der Waals surface area contributed by atoms with Crippen LogP contribution in [-0.2, 0) is 4.74 Å². The van der Waals surface area contributed by atoms with Crippen LogP contribution in [0.5, 0.6) is 11.5 Å². The summed E-state index contributed by atoms with van der Waals surface area (Å²) in [5.41, 5.74) is 2.57. The lowest BCUT2D eigenvalue weighted by molar-refractivity contribution is 0.0525. The molecule has 0 fully saturated rings. The molecule has 23 heavy (non-hydrogen) atoms. The fraction of sp³-hybridized carbons (Fsp3) is 0.312. The highest BCUT2D eigenvalue weighted by Gasteiger charge is 2.19. The zero-order valence-electron chi connectivity index (χ0n) is 13.2. The fourth-order valence-corrected chi connectivity index (χ4v) is 2.40. The third kappa shape index (κ3) is 2.90. The molecule has 1 aliphatic heterocycles. The van der Waals surface area contributed by atoms with Crippen LogP contribution in [0.15, 0.2) is 28.4 Å². The zero-order valence-corrected chi connectivity index (χ0v) is 13.2. The minimum absolute atomic E-state index is 0.216. The van der Waals surface area contributed by atoms with Crippen LogP contribution in [-0.4, -0.2) is 24.4 Å². The Balaban J connectivity index is 1.85.